The van der Waals surface area contributed by atoms with E-state index in [2.05, 4.69) is 20.6 Å². The van der Waals surface area contributed by atoms with Crippen LogP contribution in [-0.2, 0) is 0 Å². The molecule has 2 aromatic heterocycles. The van der Waals surface area contributed by atoms with E-state index < -0.39 is 0 Å². The summed E-state index contributed by atoms with van der Waals surface area (Å²) in [5.41, 5.74) is 4.24. The van der Waals surface area contributed by atoms with Crippen molar-refractivity contribution in [1.29, 1.82) is 0 Å². The molecule has 0 spiro atoms. The minimum atomic E-state index is -0.262. The second kappa shape index (κ2) is 8.54. The van der Waals surface area contributed by atoms with Gasteiger partial charge in [0.25, 0.3) is 11.8 Å². The van der Waals surface area contributed by atoms with Gasteiger partial charge in [-0.2, -0.15) is 0 Å². The van der Waals surface area contributed by atoms with E-state index in [0.717, 1.165) is 59.4 Å². The fourth-order valence-corrected chi connectivity index (χ4v) is 7.27. The average Bonchev–Trinajstić information content (AvgIpc) is 3.32. The molecular formula is C30H29N5O2. The molecule has 0 radical (unpaired) electrons. The van der Waals surface area contributed by atoms with Crippen molar-refractivity contribution in [1.82, 2.24) is 20.3 Å². The van der Waals surface area contributed by atoms with Gasteiger partial charge in [-0.15, -0.1) is 0 Å². The number of pyridine rings is 1. The number of carbonyl (C=O) groups excluding carboxylic acids is 2. The number of nitrogens with one attached hydrogen (secondary N) is 3. The lowest BCUT2D eigenvalue weighted by molar-refractivity contribution is -0.0167. The molecular weight excluding hydrogens is 462 g/mol. The maximum absolute atomic E-state index is 13.2. The number of benzene rings is 2. The van der Waals surface area contributed by atoms with Crippen LogP contribution in [0.5, 0.6) is 0 Å². The Kier molecular flexibility index (Phi) is 5.13. The Morgan fingerprint density at radius 3 is 2.27 bits per heavy atom. The highest BCUT2D eigenvalue weighted by molar-refractivity contribution is 6.03. The lowest BCUT2D eigenvalue weighted by Crippen LogP contribution is -2.59. The monoisotopic (exact) mass is 491 g/mol. The second-order valence-electron chi connectivity index (χ2n) is 11.2. The number of rotatable bonds is 5. The summed E-state index contributed by atoms with van der Waals surface area (Å²) >= 11 is 0. The fraction of sp³-hybridized carbons (Fsp3) is 0.333. The Balaban J connectivity index is 1.06. The number of hydrogen-bond acceptors (Lipinski definition) is 4. The van der Waals surface area contributed by atoms with Crippen LogP contribution in [0.2, 0.25) is 0 Å². The van der Waals surface area contributed by atoms with E-state index in [-0.39, 0.29) is 17.4 Å². The minimum Gasteiger partial charge on any atom is -0.347 e. The highest BCUT2D eigenvalue weighted by Crippen LogP contribution is 2.55. The Morgan fingerprint density at radius 1 is 0.865 bits per heavy atom. The second-order valence-corrected chi connectivity index (χ2v) is 11.2. The van der Waals surface area contributed by atoms with Gasteiger partial charge in [0.05, 0.1) is 11.0 Å². The average molecular weight is 492 g/mol. The van der Waals surface area contributed by atoms with Gasteiger partial charge in [0.15, 0.2) is 0 Å². The molecule has 186 valence electrons. The van der Waals surface area contributed by atoms with E-state index in [1.807, 2.05) is 42.5 Å². The molecule has 2 heterocycles. The lowest BCUT2D eigenvalue weighted by atomic mass is 9.53. The molecule has 37 heavy (non-hydrogen) atoms. The summed E-state index contributed by atoms with van der Waals surface area (Å²) in [6.45, 7) is 0. The third-order valence-corrected chi connectivity index (χ3v) is 8.47. The highest BCUT2D eigenvalue weighted by Gasteiger charge is 2.51. The molecule has 2 amide bonds. The number of nitrogens with zero attached hydrogens (tertiary/aromatic N) is 2. The van der Waals surface area contributed by atoms with E-state index in [4.69, 9.17) is 4.98 Å². The predicted octanol–water partition coefficient (Wildman–Crippen LogP) is 5.58. The van der Waals surface area contributed by atoms with Crippen molar-refractivity contribution < 1.29 is 9.59 Å². The first-order chi connectivity index (χ1) is 18.0. The minimum absolute atomic E-state index is 0.00688. The van der Waals surface area contributed by atoms with Gasteiger partial charge in [0.2, 0.25) is 0 Å². The van der Waals surface area contributed by atoms with Crippen LogP contribution in [0.4, 0.5) is 5.69 Å². The Morgan fingerprint density at radius 2 is 1.59 bits per heavy atom. The van der Waals surface area contributed by atoms with E-state index >= 15 is 0 Å². The van der Waals surface area contributed by atoms with Gasteiger partial charge >= 0.3 is 0 Å². The molecule has 4 bridgehead atoms. The van der Waals surface area contributed by atoms with Crippen molar-refractivity contribution in [3.8, 4) is 11.4 Å². The zero-order chi connectivity index (χ0) is 25.0. The summed E-state index contributed by atoms with van der Waals surface area (Å²) in [6, 6.07) is 18.4. The molecule has 0 atom stereocenters. The van der Waals surface area contributed by atoms with Crippen LogP contribution in [-0.4, -0.2) is 32.3 Å². The number of imidazole rings is 1. The molecule has 8 rings (SSSR count). The molecule has 7 nitrogen and oxygen atoms in total. The third-order valence-electron chi connectivity index (χ3n) is 8.47. The van der Waals surface area contributed by atoms with Gasteiger partial charge in [0.1, 0.15) is 11.5 Å². The van der Waals surface area contributed by atoms with Crippen molar-refractivity contribution >= 4 is 28.5 Å². The number of hydrogen-bond donors (Lipinski definition) is 3. The van der Waals surface area contributed by atoms with Crippen LogP contribution in [0.15, 0.2) is 66.9 Å². The first-order valence-electron chi connectivity index (χ1n) is 13.2. The number of anilines is 1. The number of fused-ring (bicyclic) bond motifs is 1. The molecule has 7 heteroatoms. The van der Waals surface area contributed by atoms with Crippen LogP contribution >= 0.6 is 0 Å². The molecule has 0 aliphatic heterocycles. The zero-order valence-corrected chi connectivity index (χ0v) is 20.5. The summed E-state index contributed by atoms with van der Waals surface area (Å²) in [4.78, 5) is 37.7. The predicted molar refractivity (Wildman–Crippen MR) is 142 cm³/mol. The summed E-state index contributed by atoms with van der Waals surface area (Å²) in [5.74, 6) is 2.88. The largest absolute Gasteiger partial charge is 0.347 e. The van der Waals surface area contributed by atoms with Gasteiger partial charge < -0.3 is 15.6 Å². The number of aromatic nitrogens is 3. The zero-order valence-electron chi connectivity index (χ0n) is 20.5. The first-order valence-corrected chi connectivity index (χ1v) is 13.2. The summed E-state index contributed by atoms with van der Waals surface area (Å²) in [6.07, 6.45) is 9.11. The van der Waals surface area contributed by atoms with Crippen LogP contribution in [0.3, 0.4) is 0 Å². The van der Waals surface area contributed by atoms with E-state index in [1.165, 1.54) is 19.3 Å². The summed E-state index contributed by atoms with van der Waals surface area (Å²) in [5, 5.41) is 6.33. The van der Waals surface area contributed by atoms with E-state index in [1.54, 1.807) is 24.4 Å². The summed E-state index contributed by atoms with van der Waals surface area (Å²) < 4.78 is 0. The first kappa shape index (κ1) is 22.2. The smallest absolute Gasteiger partial charge is 0.274 e. The van der Waals surface area contributed by atoms with Crippen LogP contribution in [0.25, 0.3) is 22.4 Å². The fourth-order valence-electron chi connectivity index (χ4n) is 7.27. The van der Waals surface area contributed by atoms with E-state index in [9.17, 15) is 9.59 Å². The molecule has 4 aliphatic carbocycles. The lowest BCUT2D eigenvalue weighted by Gasteiger charge is -2.56. The number of H-pyrrole nitrogens is 1. The van der Waals surface area contributed by atoms with E-state index in [0.29, 0.717) is 16.9 Å². The van der Waals surface area contributed by atoms with Crippen molar-refractivity contribution in [3.05, 3.63) is 78.1 Å². The Bertz CT molecular complexity index is 1460. The molecule has 3 N–H and O–H groups in total. The van der Waals surface area contributed by atoms with Crippen molar-refractivity contribution in [2.45, 2.75) is 44.1 Å². The normalized spacial score (nSPS) is 25.8. The number of aromatic amines is 1. The van der Waals surface area contributed by atoms with Gasteiger partial charge in [-0.25, -0.2) is 4.98 Å². The topological polar surface area (TPSA) is 99.8 Å². The van der Waals surface area contributed by atoms with Gasteiger partial charge in [-0.05, 0) is 98.7 Å². The highest BCUT2D eigenvalue weighted by atomic mass is 16.2. The van der Waals surface area contributed by atoms with Gasteiger partial charge in [-0.3, -0.25) is 14.6 Å². The number of carbonyl (C=O) groups is 2. The van der Waals surface area contributed by atoms with Crippen molar-refractivity contribution in [3.63, 3.8) is 0 Å². The third kappa shape index (κ3) is 4.18. The standard InChI is InChI=1S/C30H29N5O2/c36-28(35-30-15-18-11-19(16-30)13-20(12-18)17-30)22-6-4-21(5-7-22)27-33-24-9-8-23(14-26(24)34-27)32-29(37)25-3-1-2-10-31-25/h1-10,14,18-20H,11-13,15-17H2,(H,32,37)(H,33,34)(H,35,36). The SMILES string of the molecule is O=C(NC12CC3CC(CC(C3)C1)C2)c1ccc(-c2nc3ccc(NC(=O)c4ccccn4)cc3[nH]2)cc1. The Labute approximate surface area is 215 Å². The molecule has 0 unspecified atom stereocenters. The molecule has 4 aliphatic rings. The Hall–Kier alpha value is -4.00. The van der Waals surface area contributed by atoms with Crippen LogP contribution < -0.4 is 10.6 Å². The van der Waals surface area contributed by atoms with Gasteiger partial charge in [-0.1, -0.05) is 18.2 Å². The van der Waals surface area contributed by atoms with Crippen molar-refractivity contribution in [2.24, 2.45) is 17.8 Å². The van der Waals surface area contributed by atoms with Gasteiger partial charge in [0, 0.05) is 28.6 Å². The quantitative estimate of drug-likeness (QED) is 0.340. The van der Waals surface area contributed by atoms with Crippen molar-refractivity contribution in [2.75, 3.05) is 5.32 Å². The molecule has 4 fully saturated rings. The molecule has 4 saturated carbocycles. The van der Waals surface area contributed by atoms with Crippen LogP contribution in [0, 0.1) is 17.8 Å². The molecule has 4 aromatic rings. The maximum atomic E-state index is 13.2. The van der Waals surface area contributed by atoms with Crippen LogP contribution in [0.1, 0.15) is 59.4 Å². The molecule has 0 saturated heterocycles. The summed E-state index contributed by atoms with van der Waals surface area (Å²) in [7, 11) is 0. The maximum Gasteiger partial charge on any atom is 0.274 e. The molecule has 2 aromatic carbocycles. The number of amides is 2.